The van der Waals surface area contributed by atoms with Gasteiger partial charge >= 0.3 is 0 Å². The minimum absolute atomic E-state index is 1.22. The van der Waals surface area contributed by atoms with Gasteiger partial charge in [0.2, 0.25) is 0 Å². The molecule has 0 atom stereocenters. The third-order valence-corrected chi connectivity index (χ3v) is 14.6. The molecule has 236 valence electrons. The van der Waals surface area contributed by atoms with Crippen LogP contribution in [0.2, 0.25) is 13.1 Å². The first-order valence-corrected chi connectivity index (χ1v) is 20.5. The lowest BCUT2D eigenvalue weighted by Crippen LogP contribution is -2.49. The van der Waals surface area contributed by atoms with Gasteiger partial charge < -0.3 is 4.57 Å². The van der Waals surface area contributed by atoms with Crippen LogP contribution in [-0.2, 0) is 0 Å². The largest absolute Gasteiger partial charge is 0.316 e. The van der Waals surface area contributed by atoms with Crippen LogP contribution in [0, 0.1) is 0 Å². The van der Waals surface area contributed by atoms with Crippen LogP contribution in [-0.4, -0.2) is 12.6 Å². The number of nitrogens with zero attached hydrogens (tertiary/aromatic N) is 1. The zero-order valence-corrected chi connectivity index (χ0v) is 29.2. The lowest BCUT2D eigenvalue weighted by molar-refractivity contribution is 1.13. The molecule has 2 heterocycles. The summed E-state index contributed by atoms with van der Waals surface area (Å²) in [5.41, 5.74) is 12.8. The first kappa shape index (κ1) is 29.0. The van der Waals surface area contributed by atoms with E-state index >= 15 is 0 Å². The Balaban J connectivity index is 1.17. The number of rotatable bonds is 4. The van der Waals surface area contributed by atoms with E-state index in [1.165, 1.54) is 93.0 Å². The lowest BCUT2D eigenvalue weighted by atomic mass is 9.94. The van der Waals surface area contributed by atoms with E-state index in [2.05, 4.69) is 194 Å². The molecule has 0 N–H and O–H groups in total. The number of aromatic nitrogens is 1. The molecule has 1 aliphatic rings. The Morgan fingerprint density at radius 3 is 1.74 bits per heavy atom. The maximum atomic E-state index is 2.52. The average Bonchev–Trinajstić information content (AvgIpc) is 3.66. The fourth-order valence-corrected chi connectivity index (χ4v) is 11.5. The van der Waals surface area contributed by atoms with E-state index < -0.39 is 8.07 Å². The molecule has 1 aliphatic heterocycles. The third kappa shape index (κ3) is 4.39. The number of hydrogen-bond donors (Lipinski definition) is 0. The van der Waals surface area contributed by atoms with Crippen LogP contribution in [0.25, 0.3) is 82.6 Å². The monoisotopic (exact) mass is 653 g/mol. The lowest BCUT2D eigenvalue weighted by Gasteiger charge is -2.20. The van der Waals surface area contributed by atoms with E-state index in [9.17, 15) is 0 Å². The molecule has 0 radical (unpaired) electrons. The topological polar surface area (TPSA) is 4.93 Å². The average molecular weight is 654 g/mol. The van der Waals surface area contributed by atoms with Gasteiger partial charge in [-0.15, -0.1) is 0 Å². The van der Waals surface area contributed by atoms with E-state index in [1.54, 1.807) is 0 Å². The molecule has 2 heteroatoms. The van der Waals surface area contributed by atoms with Crippen molar-refractivity contribution in [2.24, 2.45) is 0 Å². The summed E-state index contributed by atoms with van der Waals surface area (Å²) in [4.78, 5) is 0. The van der Waals surface area contributed by atoms with Crippen molar-refractivity contribution in [2.75, 3.05) is 0 Å². The summed E-state index contributed by atoms with van der Waals surface area (Å²) in [6, 6.07) is 62.9. The van der Waals surface area contributed by atoms with Crippen molar-refractivity contribution in [3.8, 4) is 50.2 Å². The molecule has 0 amide bonds. The van der Waals surface area contributed by atoms with E-state index in [4.69, 9.17) is 0 Å². The summed E-state index contributed by atoms with van der Waals surface area (Å²) in [6.07, 6.45) is 2.38. The van der Waals surface area contributed by atoms with Crippen molar-refractivity contribution >= 4 is 50.9 Å². The zero-order chi connectivity index (χ0) is 33.4. The number of benzene rings is 8. The highest BCUT2D eigenvalue weighted by Gasteiger charge is 2.38. The Hall–Kier alpha value is -5.96. The van der Waals surface area contributed by atoms with Crippen molar-refractivity contribution < 1.29 is 0 Å². The fraction of sp³-hybridized carbons (Fsp3) is 0.0417. The van der Waals surface area contributed by atoms with Gasteiger partial charge in [-0.25, -0.2) is 0 Å². The van der Waals surface area contributed by atoms with Crippen LogP contribution in [0.4, 0.5) is 0 Å². The van der Waals surface area contributed by atoms with Crippen LogP contribution in [0.1, 0.15) is 0 Å². The molecule has 9 aromatic rings. The van der Waals surface area contributed by atoms with Gasteiger partial charge in [0.1, 0.15) is 8.07 Å². The van der Waals surface area contributed by atoms with Gasteiger partial charge in [-0.05, 0) is 95.1 Å². The zero-order valence-electron chi connectivity index (χ0n) is 28.2. The molecular formula is C48H35NSi. The summed E-state index contributed by atoms with van der Waals surface area (Å²) in [7, 11) is -1.96. The quantitative estimate of drug-likeness (QED) is 0.167. The molecule has 8 aromatic carbocycles. The van der Waals surface area contributed by atoms with Crippen LogP contribution < -0.4 is 10.4 Å². The molecule has 1 aromatic heterocycles. The van der Waals surface area contributed by atoms with Crippen molar-refractivity contribution in [3.63, 3.8) is 0 Å². The van der Waals surface area contributed by atoms with Gasteiger partial charge in [-0.1, -0.05) is 159 Å². The molecule has 0 aliphatic carbocycles. The predicted octanol–water partition coefficient (Wildman–Crippen LogP) is 11.7. The summed E-state index contributed by atoms with van der Waals surface area (Å²) in [5.74, 6) is 0. The molecule has 10 rings (SSSR count). The summed E-state index contributed by atoms with van der Waals surface area (Å²) in [6.45, 7) is 5.03. The Morgan fingerprint density at radius 2 is 0.980 bits per heavy atom. The van der Waals surface area contributed by atoms with E-state index in [1.807, 2.05) is 0 Å². The molecular weight excluding hydrogens is 619 g/mol. The van der Waals surface area contributed by atoms with Crippen LogP contribution >= 0.6 is 0 Å². The minimum atomic E-state index is -1.96. The smallest absolute Gasteiger partial charge is 0.113 e. The second-order valence-electron chi connectivity index (χ2n) is 14.2. The maximum Gasteiger partial charge on any atom is 0.113 e. The van der Waals surface area contributed by atoms with Gasteiger partial charge in [-0.3, -0.25) is 0 Å². The first-order valence-electron chi connectivity index (χ1n) is 17.5. The van der Waals surface area contributed by atoms with E-state index in [0.29, 0.717) is 0 Å². The normalized spacial score (nSPS) is 13.2. The van der Waals surface area contributed by atoms with Gasteiger partial charge in [0.25, 0.3) is 0 Å². The Morgan fingerprint density at radius 1 is 0.380 bits per heavy atom. The van der Waals surface area contributed by atoms with Gasteiger partial charge in [0.05, 0.1) is 5.52 Å². The van der Waals surface area contributed by atoms with Gasteiger partial charge in [-0.2, -0.15) is 0 Å². The van der Waals surface area contributed by atoms with E-state index in [0.717, 1.165) is 0 Å². The van der Waals surface area contributed by atoms with Gasteiger partial charge in [0, 0.05) is 22.8 Å². The maximum absolute atomic E-state index is 2.52. The number of fused-ring (bicyclic) bond motifs is 6. The molecule has 0 unspecified atom stereocenters. The highest BCUT2D eigenvalue weighted by atomic mass is 28.3. The summed E-state index contributed by atoms with van der Waals surface area (Å²) >= 11 is 0. The Bertz CT molecular complexity index is 2780. The second-order valence-corrected chi connectivity index (χ2v) is 18.5. The van der Waals surface area contributed by atoms with Crippen molar-refractivity contribution in [1.29, 1.82) is 0 Å². The summed E-state index contributed by atoms with van der Waals surface area (Å²) < 4.78 is 2.43. The molecule has 1 nitrogen and oxygen atoms in total. The minimum Gasteiger partial charge on any atom is -0.316 e. The molecule has 0 spiro atoms. The van der Waals surface area contributed by atoms with Crippen molar-refractivity contribution in [2.45, 2.75) is 13.1 Å². The van der Waals surface area contributed by atoms with Crippen LogP contribution in [0.3, 0.4) is 0 Å². The molecule has 0 fully saturated rings. The molecule has 50 heavy (non-hydrogen) atoms. The standard InChI is InChI=1S/C48H35NSi/c1-50(2)47-29-35(32-12-4-3-5-13-32)22-25-42(47)43-26-24-37(30-48(43)50)49-31-45(41-21-11-17-34-15-7-9-19-39(34)41)44-28-36(23-27-46(44)49)40-20-10-16-33-14-6-8-18-38(33)40/h3-31H,1-2H3. The number of hydrogen-bond acceptors (Lipinski definition) is 0. The molecule has 0 saturated heterocycles. The Labute approximate surface area is 293 Å². The predicted molar refractivity (Wildman–Crippen MR) is 217 cm³/mol. The van der Waals surface area contributed by atoms with Crippen molar-refractivity contribution in [3.05, 3.63) is 176 Å². The Kier molecular flexibility index (Phi) is 6.40. The fourth-order valence-electron chi connectivity index (χ4n) is 8.45. The van der Waals surface area contributed by atoms with Gasteiger partial charge in [0.15, 0.2) is 0 Å². The van der Waals surface area contributed by atoms with Crippen LogP contribution in [0.5, 0.6) is 0 Å². The first-order chi connectivity index (χ1) is 24.5. The summed E-state index contributed by atoms with van der Waals surface area (Å²) in [5, 5.41) is 9.38. The highest BCUT2D eigenvalue weighted by Crippen LogP contribution is 2.40. The second kappa shape index (κ2) is 11.0. The third-order valence-electron chi connectivity index (χ3n) is 11.0. The van der Waals surface area contributed by atoms with E-state index in [-0.39, 0.29) is 0 Å². The highest BCUT2D eigenvalue weighted by molar-refractivity contribution is 7.03. The molecule has 0 saturated carbocycles. The SMILES string of the molecule is C[Si]1(C)c2cc(-c3ccccc3)ccc2-c2ccc(-n3cc(-c4cccc5ccccc45)c4cc(-c5cccc6ccccc56)ccc43)cc21. The van der Waals surface area contributed by atoms with Crippen molar-refractivity contribution in [1.82, 2.24) is 4.57 Å². The molecule has 0 bridgehead atoms. The van der Waals surface area contributed by atoms with Crippen LogP contribution in [0.15, 0.2) is 176 Å².